The predicted molar refractivity (Wildman–Crippen MR) is 66.6 cm³/mol. The van der Waals surface area contributed by atoms with Gasteiger partial charge in [-0.15, -0.1) is 11.6 Å². The average Bonchev–Trinajstić information content (AvgIpc) is 3.10. The van der Waals surface area contributed by atoms with Gasteiger partial charge in [-0.3, -0.25) is 4.79 Å². The predicted octanol–water partition coefficient (Wildman–Crippen LogP) is 3.19. The maximum Gasteiger partial charge on any atom is 0.228 e. The first kappa shape index (κ1) is 12.2. The minimum atomic E-state index is -0.0904. The Kier molecular flexibility index (Phi) is 3.78. The van der Waals surface area contributed by atoms with E-state index in [0.717, 1.165) is 19.4 Å². The first-order valence-electron chi connectivity index (χ1n) is 6.54. The van der Waals surface area contributed by atoms with Crippen LogP contribution in [0.3, 0.4) is 0 Å². The smallest absolute Gasteiger partial charge is 0.228 e. The van der Waals surface area contributed by atoms with E-state index in [-0.39, 0.29) is 5.41 Å². The number of carbonyl (C=O) groups excluding carboxylic acids is 1. The molecule has 0 aromatic heterocycles. The van der Waals surface area contributed by atoms with Gasteiger partial charge in [0.25, 0.3) is 0 Å². The third-order valence-corrected chi connectivity index (χ3v) is 4.22. The zero-order chi connectivity index (χ0) is 11.6. The van der Waals surface area contributed by atoms with Crippen molar-refractivity contribution in [2.24, 2.45) is 5.41 Å². The standard InChI is InChI=1S/C13H22ClNO/c1-13(7-3-2-4-8-13)12(16)15(10-9-14)11-5-6-11/h11H,2-10H2,1H3. The van der Waals surface area contributed by atoms with Gasteiger partial charge in [0.2, 0.25) is 5.91 Å². The van der Waals surface area contributed by atoms with Crippen molar-refractivity contribution in [3.05, 3.63) is 0 Å². The maximum absolute atomic E-state index is 12.6. The molecule has 16 heavy (non-hydrogen) atoms. The Morgan fingerprint density at radius 2 is 1.94 bits per heavy atom. The Hall–Kier alpha value is -0.240. The third-order valence-electron chi connectivity index (χ3n) is 4.05. The molecule has 0 bridgehead atoms. The van der Waals surface area contributed by atoms with Crippen molar-refractivity contribution in [1.82, 2.24) is 4.90 Å². The molecule has 2 saturated carbocycles. The van der Waals surface area contributed by atoms with Crippen LogP contribution in [0.15, 0.2) is 0 Å². The highest BCUT2D eigenvalue weighted by molar-refractivity contribution is 6.18. The molecule has 0 heterocycles. The van der Waals surface area contributed by atoms with Gasteiger partial charge in [-0.2, -0.15) is 0 Å². The lowest BCUT2D eigenvalue weighted by atomic mass is 9.74. The van der Waals surface area contributed by atoms with Gasteiger partial charge in [-0.1, -0.05) is 26.2 Å². The molecule has 0 atom stereocenters. The van der Waals surface area contributed by atoms with Crippen LogP contribution in [0.1, 0.15) is 51.9 Å². The Bertz CT molecular complexity index is 257. The molecule has 1 amide bonds. The van der Waals surface area contributed by atoms with Crippen LogP contribution in [-0.4, -0.2) is 29.3 Å². The zero-order valence-corrected chi connectivity index (χ0v) is 10.9. The molecule has 3 heteroatoms. The molecule has 2 rings (SSSR count). The van der Waals surface area contributed by atoms with Crippen LogP contribution >= 0.6 is 11.6 Å². The fourth-order valence-electron chi connectivity index (χ4n) is 2.82. The Morgan fingerprint density at radius 3 is 2.44 bits per heavy atom. The molecule has 0 aromatic carbocycles. The van der Waals surface area contributed by atoms with Gasteiger partial charge in [0, 0.05) is 23.9 Å². The van der Waals surface area contributed by atoms with Crippen LogP contribution in [0.4, 0.5) is 0 Å². The van der Waals surface area contributed by atoms with Gasteiger partial charge in [0.15, 0.2) is 0 Å². The van der Waals surface area contributed by atoms with Gasteiger partial charge in [0.05, 0.1) is 0 Å². The first-order chi connectivity index (χ1) is 7.67. The molecule has 0 saturated heterocycles. The van der Waals surface area contributed by atoms with Crippen molar-refractivity contribution >= 4 is 17.5 Å². The monoisotopic (exact) mass is 243 g/mol. The summed E-state index contributed by atoms with van der Waals surface area (Å²) in [5.41, 5.74) is -0.0904. The van der Waals surface area contributed by atoms with Gasteiger partial charge < -0.3 is 4.90 Å². The Morgan fingerprint density at radius 1 is 1.31 bits per heavy atom. The molecule has 0 aromatic rings. The van der Waals surface area contributed by atoms with Crippen molar-refractivity contribution in [3.8, 4) is 0 Å². The van der Waals surface area contributed by atoms with Crippen LogP contribution in [-0.2, 0) is 4.79 Å². The second-order valence-electron chi connectivity index (χ2n) is 5.54. The summed E-state index contributed by atoms with van der Waals surface area (Å²) in [5, 5.41) is 0. The minimum absolute atomic E-state index is 0.0904. The summed E-state index contributed by atoms with van der Waals surface area (Å²) in [4.78, 5) is 14.6. The minimum Gasteiger partial charge on any atom is -0.338 e. The second-order valence-corrected chi connectivity index (χ2v) is 5.92. The van der Waals surface area contributed by atoms with E-state index < -0.39 is 0 Å². The van der Waals surface area contributed by atoms with Crippen LogP contribution in [0.25, 0.3) is 0 Å². The van der Waals surface area contributed by atoms with E-state index in [1.54, 1.807) is 0 Å². The van der Waals surface area contributed by atoms with E-state index >= 15 is 0 Å². The number of rotatable bonds is 4. The van der Waals surface area contributed by atoms with E-state index in [1.165, 1.54) is 32.1 Å². The number of halogens is 1. The summed E-state index contributed by atoms with van der Waals surface area (Å²) >= 11 is 5.80. The number of hydrogen-bond acceptors (Lipinski definition) is 1. The largest absolute Gasteiger partial charge is 0.338 e. The highest BCUT2D eigenvalue weighted by Gasteiger charge is 2.42. The molecule has 2 fully saturated rings. The van der Waals surface area contributed by atoms with Gasteiger partial charge in [-0.25, -0.2) is 0 Å². The van der Waals surface area contributed by atoms with Gasteiger partial charge >= 0.3 is 0 Å². The quantitative estimate of drug-likeness (QED) is 0.695. The lowest BCUT2D eigenvalue weighted by Gasteiger charge is -2.37. The molecule has 2 nitrogen and oxygen atoms in total. The SMILES string of the molecule is CC1(C(=O)N(CCCl)C2CC2)CCCCC1. The molecule has 2 aliphatic carbocycles. The fraction of sp³-hybridized carbons (Fsp3) is 0.923. The van der Waals surface area contributed by atoms with E-state index in [2.05, 4.69) is 11.8 Å². The highest BCUT2D eigenvalue weighted by Crippen LogP contribution is 2.40. The van der Waals surface area contributed by atoms with Crippen molar-refractivity contribution in [3.63, 3.8) is 0 Å². The first-order valence-corrected chi connectivity index (χ1v) is 7.08. The average molecular weight is 244 g/mol. The van der Waals surface area contributed by atoms with Crippen molar-refractivity contribution < 1.29 is 4.79 Å². The summed E-state index contributed by atoms with van der Waals surface area (Å²) in [7, 11) is 0. The lowest BCUT2D eigenvalue weighted by Crippen LogP contribution is -2.45. The summed E-state index contributed by atoms with van der Waals surface area (Å²) in [6.45, 7) is 2.89. The van der Waals surface area contributed by atoms with Crippen LogP contribution in [0.5, 0.6) is 0 Å². The van der Waals surface area contributed by atoms with E-state index in [4.69, 9.17) is 11.6 Å². The van der Waals surface area contributed by atoms with Crippen LogP contribution in [0, 0.1) is 5.41 Å². The Labute approximate surface area is 103 Å². The normalized spacial score (nSPS) is 24.1. The van der Waals surface area contributed by atoms with E-state index in [9.17, 15) is 4.79 Å². The Balaban J connectivity index is 2.02. The fourth-order valence-corrected chi connectivity index (χ4v) is 3.00. The van der Waals surface area contributed by atoms with Crippen molar-refractivity contribution in [2.75, 3.05) is 12.4 Å². The molecule has 0 spiro atoms. The molecule has 0 radical (unpaired) electrons. The number of carbonyl (C=O) groups is 1. The van der Waals surface area contributed by atoms with Crippen LogP contribution in [0.2, 0.25) is 0 Å². The molecule has 2 aliphatic rings. The lowest BCUT2D eigenvalue weighted by molar-refractivity contribution is -0.143. The topological polar surface area (TPSA) is 20.3 Å². The number of amides is 1. The zero-order valence-electron chi connectivity index (χ0n) is 10.2. The van der Waals surface area contributed by atoms with Gasteiger partial charge in [-0.05, 0) is 25.7 Å². The highest BCUT2D eigenvalue weighted by atomic mass is 35.5. The molecular formula is C13H22ClNO. The molecule has 0 unspecified atom stereocenters. The number of hydrogen-bond donors (Lipinski definition) is 0. The van der Waals surface area contributed by atoms with Crippen molar-refractivity contribution in [1.29, 1.82) is 0 Å². The van der Waals surface area contributed by atoms with E-state index in [0.29, 0.717) is 17.8 Å². The van der Waals surface area contributed by atoms with Crippen LogP contribution < -0.4 is 0 Å². The van der Waals surface area contributed by atoms with Crippen molar-refractivity contribution in [2.45, 2.75) is 57.9 Å². The number of nitrogens with zero attached hydrogens (tertiary/aromatic N) is 1. The van der Waals surface area contributed by atoms with Gasteiger partial charge in [0.1, 0.15) is 0 Å². The maximum atomic E-state index is 12.6. The van der Waals surface area contributed by atoms with E-state index in [1.807, 2.05) is 0 Å². The second kappa shape index (κ2) is 4.95. The third kappa shape index (κ3) is 2.53. The summed E-state index contributed by atoms with van der Waals surface area (Å²) < 4.78 is 0. The summed E-state index contributed by atoms with van der Waals surface area (Å²) in [6.07, 6.45) is 8.21. The summed E-state index contributed by atoms with van der Waals surface area (Å²) in [5.74, 6) is 0.938. The molecular weight excluding hydrogens is 222 g/mol. The molecule has 92 valence electrons. The summed E-state index contributed by atoms with van der Waals surface area (Å²) in [6, 6.07) is 0.505. The molecule has 0 N–H and O–H groups in total. The number of alkyl halides is 1. The molecule has 0 aliphatic heterocycles.